The Morgan fingerprint density at radius 2 is 2.10 bits per heavy atom. The molecule has 0 saturated heterocycles. The van der Waals surface area contributed by atoms with E-state index in [1.165, 1.54) is 0 Å². The molecular weight excluding hydrogens is 406 g/mol. The average molecular weight is 432 g/mol. The van der Waals surface area contributed by atoms with Crippen LogP contribution in [0.4, 0.5) is 0 Å². The van der Waals surface area contributed by atoms with E-state index >= 15 is 0 Å². The van der Waals surface area contributed by atoms with Crippen LogP contribution in [-0.4, -0.2) is 48.3 Å². The fourth-order valence-electron chi connectivity index (χ4n) is 2.59. The summed E-state index contributed by atoms with van der Waals surface area (Å²) in [5, 5.41) is 0. The molecule has 0 aliphatic carbocycles. The Morgan fingerprint density at radius 1 is 1.41 bits per heavy atom. The Balaban J connectivity index is 0.00000784. The van der Waals surface area contributed by atoms with Crippen LogP contribution in [0.15, 0.2) is 47.0 Å². The van der Waals surface area contributed by atoms with Crippen molar-refractivity contribution in [3.05, 3.63) is 58.4 Å². The maximum Gasteiger partial charge on any atom is 1.00 e. The quantitative estimate of drug-likeness (QED) is 0.122. The van der Waals surface area contributed by atoms with E-state index < -0.39 is 13.6 Å². The first-order chi connectivity index (χ1) is 13.2. The fraction of sp³-hybridized carbons (Fsp3) is 0.474. The molecule has 0 amide bonds. The van der Waals surface area contributed by atoms with Crippen molar-refractivity contribution < 1.29 is 58.2 Å². The van der Waals surface area contributed by atoms with Gasteiger partial charge in [0.05, 0.1) is 19.8 Å². The second-order valence-electron chi connectivity index (χ2n) is 5.97. The number of hydrogen-bond acceptors (Lipinski definition) is 6. The zero-order valence-corrected chi connectivity index (χ0v) is 20.3. The van der Waals surface area contributed by atoms with Gasteiger partial charge >= 0.3 is 35.5 Å². The summed E-state index contributed by atoms with van der Waals surface area (Å²) in [5.41, 5.74) is 2.06. The summed E-state index contributed by atoms with van der Waals surface area (Å²) in [6, 6.07) is 0. The number of esters is 1. The third-order valence-corrected chi connectivity index (χ3v) is 4.67. The third-order valence-electron chi connectivity index (χ3n) is 3.79. The summed E-state index contributed by atoms with van der Waals surface area (Å²) < 4.78 is 21.1. The van der Waals surface area contributed by atoms with Crippen molar-refractivity contribution >= 4 is 13.6 Å². The number of nitrogens with zero attached hydrogens (tertiary/aromatic N) is 2. The van der Waals surface area contributed by atoms with Gasteiger partial charge in [-0.1, -0.05) is 6.08 Å². The van der Waals surface area contributed by atoms with Crippen molar-refractivity contribution in [2.45, 2.75) is 27.2 Å². The molecule has 1 heterocycles. The number of allylic oxidation sites excluding steroid dienone is 6. The zero-order chi connectivity index (χ0) is 21.2. The van der Waals surface area contributed by atoms with Crippen molar-refractivity contribution in [1.29, 1.82) is 0 Å². The Morgan fingerprint density at radius 3 is 2.66 bits per heavy atom. The van der Waals surface area contributed by atoms with Crippen LogP contribution in [0.3, 0.4) is 0 Å². The SMILES string of the molecule is [C-]#[N+]/C(C(=O)OCC)=C1\C=C(C)N(CCOCCCP(=O)([O-])O)C(/C=C/C)=C1.[Na+]. The minimum Gasteiger partial charge on any atom is -0.779 e. The smallest absolute Gasteiger partial charge is 0.779 e. The molecule has 0 spiro atoms. The van der Waals surface area contributed by atoms with E-state index in [4.69, 9.17) is 20.9 Å². The van der Waals surface area contributed by atoms with Crippen molar-refractivity contribution in [2.75, 3.05) is 32.5 Å². The van der Waals surface area contributed by atoms with Gasteiger partial charge in [-0.15, -0.1) is 0 Å². The summed E-state index contributed by atoms with van der Waals surface area (Å²) >= 11 is 0. The van der Waals surface area contributed by atoms with Crippen LogP contribution in [-0.2, 0) is 18.8 Å². The number of rotatable bonds is 10. The maximum absolute atomic E-state index is 12.0. The molecule has 1 unspecified atom stereocenters. The molecule has 0 fully saturated rings. The predicted molar refractivity (Wildman–Crippen MR) is 104 cm³/mol. The minimum atomic E-state index is -4.24. The van der Waals surface area contributed by atoms with Crippen LogP contribution >= 0.6 is 7.60 Å². The molecule has 1 rings (SSSR count). The normalized spacial score (nSPS) is 17.6. The van der Waals surface area contributed by atoms with E-state index in [1.54, 1.807) is 19.1 Å². The maximum atomic E-state index is 12.0. The van der Waals surface area contributed by atoms with Gasteiger partial charge in [0.1, 0.15) is 7.60 Å². The monoisotopic (exact) mass is 432 g/mol. The molecule has 1 aliphatic heterocycles. The van der Waals surface area contributed by atoms with E-state index in [1.807, 2.05) is 30.9 Å². The van der Waals surface area contributed by atoms with E-state index in [9.17, 15) is 14.3 Å². The first-order valence-corrected chi connectivity index (χ1v) is 10.7. The number of ether oxygens (including phenoxy) is 2. The number of hydrogen-bond donors (Lipinski definition) is 1. The van der Waals surface area contributed by atoms with Crippen molar-refractivity contribution in [3.63, 3.8) is 0 Å². The van der Waals surface area contributed by atoms with Crippen LogP contribution in [0, 0.1) is 6.57 Å². The Labute approximate surface area is 194 Å². The Kier molecular flexibility index (Phi) is 13.4. The van der Waals surface area contributed by atoms with Gasteiger partial charge in [-0.3, -0.25) is 4.79 Å². The van der Waals surface area contributed by atoms with Crippen molar-refractivity contribution in [1.82, 2.24) is 4.90 Å². The molecule has 29 heavy (non-hydrogen) atoms. The molecule has 1 N–H and O–H groups in total. The van der Waals surface area contributed by atoms with E-state index in [0.29, 0.717) is 18.7 Å². The molecule has 154 valence electrons. The molecule has 10 heteroatoms. The molecule has 1 atom stereocenters. The molecule has 0 bridgehead atoms. The van der Waals surface area contributed by atoms with Gasteiger partial charge in [-0.05, 0) is 51.0 Å². The van der Waals surface area contributed by atoms with E-state index in [0.717, 1.165) is 11.4 Å². The predicted octanol–water partition coefficient (Wildman–Crippen LogP) is -0.641. The zero-order valence-electron chi connectivity index (χ0n) is 17.4. The van der Waals surface area contributed by atoms with Crippen molar-refractivity contribution in [2.24, 2.45) is 0 Å². The fourth-order valence-corrected chi connectivity index (χ4v) is 3.12. The molecule has 0 aromatic carbocycles. The van der Waals surface area contributed by atoms with Crippen molar-refractivity contribution in [3.8, 4) is 0 Å². The number of carbonyl (C=O) groups is 1. The third kappa shape index (κ3) is 9.92. The topological polar surface area (TPSA) is 103 Å². The summed E-state index contributed by atoms with van der Waals surface area (Å²) in [6.45, 7) is 14.0. The van der Waals surface area contributed by atoms with Crippen LogP contribution in [0.2, 0.25) is 0 Å². The van der Waals surface area contributed by atoms with Gasteiger partial charge < -0.3 is 28.7 Å². The minimum absolute atomic E-state index is 0. The average Bonchev–Trinajstić information content (AvgIpc) is 2.60. The van der Waals surface area contributed by atoms with E-state index in [-0.39, 0.29) is 61.1 Å². The molecule has 8 nitrogen and oxygen atoms in total. The van der Waals surface area contributed by atoms with Gasteiger partial charge in [0.2, 0.25) is 0 Å². The Hall–Kier alpha value is -1.17. The van der Waals surface area contributed by atoms with Crippen LogP contribution in [0.5, 0.6) is 0 Å². The molecule has 0 aromatic heterocycles. The molecular formula is C19H26N2NaO6P. The van der Waals surface area contributed by atoms with Gasteiger partial charge in [-0.2, -0.15) is 0 Å². The molecule has 0 radical (unpaired) electrons. The Bertz CT molecular complexity index is 776. The summed E-state index contributed by atoms with van der Waals surface area (Å²) in [5.74, 6) is -0.649. The summed E-state index contributed by atoms with van der Waals surface area (Å²) in [4.78, 5) is 36.7. The summed E-state index contributed by atoms with van der Waals surface area (Å²) in [6.07, 6.45) is 7.13. The van der Waals surface area contributed by atoms with Crippen LogP contribution < -0.4 is 34.5 Å². The van der Waals surface area contributed by atoms with Gasteiger partial charge in [0.25, 0.3) is 5.70 Å². The second-order valence-corrected chi connectivity index (χ2v) is 7.69. The van der Waals surface area contributed by atoms with Gasteiger partial charge in [0.15, 0.2) is 0 Å². The first-order valence-electron chi connectivity index (χ1n) is 8.93. The first kappa shape index (κ1) is 27.8. The summed E-state index contributed by atoms with van der Waals surface area (Å²) in [7, 11) is -4.24. The van der Waals surface area contributed by atoms with E-state index in [2.05, 4.69) is 4.85 Å². The molecule has 0 aromatic rings. The number of carbonyl (C=O) groups excluding carboxylic acids is 1. The van der Waals surface area contributed by atoms with Crippen LogP contribution in [0.1, 0.15) is 27.2 Å². The second kappa shape index (κ2) is 13.9. The molecule has 1 aliphatic rings. The van der Waals surface area contributed by atoms with Gasteiger partial charge in [-0.25, -0.2) is 4.85 Å². The largest absolute Gasteiger partial charge is 1.00 e. The van der Waals surface area contributed by atoms with Gasteiger partial charge in [0, 0.05) is 30.7 Å². The molecule has 0 saturated carbocycles. The standard InChI is InChI=1S/C19H27N2O6P.Na/c1-5-8-17-14-16(18(20-4)19(22)27-6-2)13-15(3)21(17)9-11-26-10-7-12-28(23,24)25;/h5,8,13-14H,6-7,9-12H2,1-3H3,(H2,23,24,25);/q;+1/p-1/b8-5+,18-16+;. The van der Waals surface area contributed by atoms with Crippen LogP contribution in [0.25, 0.3) is 4.85 Å².